The maximum Gasteiger partial charge on any atom is 0.303 e. The standard InChI is InChI=1S/C16H15N3O4/c20-15(21)8-7-14(19-23)11-3-5-13(6-4-11)18-16(22)12-2-1-9-17-10-12/h1-6,9-10,23H,7-8H2,(H,18,22)(H,20,21)/b19-14-. The molecule has 3 N–H and O–H groups in total. The van der Waals surface area contributed by atoms with Crippen molar-refractivity contribution >= 4 is 23.3 Å². The molecule has 118 valence electrons. The average Bonchev–Trinajstić information content (AvgIpc) is 2.57. The van der Waals surface area contributed by atoms with E-state index in [-0.39, 0.29) is 24.5 Å². The van der Waals surface area contributed by atoms with Gasteiger partial charge in [0, 0.05) is 24.5 Å². The lowest BCUT2D eigenvalue weighted by atomic mass is 10.1. The first-order chi connectivity index (χ1) is 11.1. The summed E-state index contributed by atoms with van der Waals surface area (Å²) >= 11 is 0. The van der Waals surface area contributed by atoms with Gasteiger partial charge in [-0.15, -0.1) is 0 Å². The normalized spacial score (nSPS) is 11.0. The van der Waals surface area contributed by atoms with Crippen LogP contribution < -0.4 is 5.32 Å². The molecule has 0 saturated carbocycles. The number of carboxylic acid groups (broad SMARTS) is 1. The number of anilines is 1. The first kappa shape index (κ1) is 16.2. The van der Waals surface area contributed by atoms with Crippen molar-refractivity contribution in [2.24, 2.45) is 5.16 Å². The van der Waals surface area contributed by atoms with E-state index in [2.05, 4.69) is 15.5 Å². The van der Waals surface area contributed by atoms with Crippen LogP contribution in [0, 0.1) is 0 Å². The van der Waals surface area contributed by atoms with Crippen molar-refractivity contribution in [2.75, 3.05) is 5.32 Å². The maximum absolute atomic E-state index is 12.0. The van der Waals surface area contributed by atoms with Crippen molar-refractivity contribution in [1.82, 2.24) is 4.98 Å². The Hall–Kier alpha value is -3.22. The van der Waals surface area contributed by atoms with Gasteiger partial charge >= 0.3 is 5.97 Å². The topological polar surface area (TPSA) is 112 Å². The van der Waals surface area contributed by atoms with Crippen molar-refractivity contribution in [1.29, 1.82) is 0 Å². The molecule has 0 fully saturated rings. The van der Waals surface area contributed by atoms with Crippen molar-refractivity contribution in [3.63, 3.8) is 0 Å². The Kier molecular flexibility index (Phi) is 5.40. The minimum Gasteiger partial charge on any atom is -0.481 e. The highest BCUT2D eigenvalue weighted by Gasteiger charge is 2.09. The van der Waals surface area contributed by atoms with Crippen LogP contribution in [0.25, 0.3) is 0 Å². The number of hydrogen-bond donors (Lipinski definition) is 3. The molecule has 0 aliphatic heterocycles. The molecule has 1 aromatic heterocycles. The molecule has 0 aliphatic carbocycles. The Morgan fingerprint density at radius 2 is 1.83 bits per heavy atom. The van der Waals surface area contributed by atoms with E-state index >= 15 is 0 Å². The zero-order valence-electron chi connectivity index (χ0n) is 12.1. The minimum atomic E-state index is -0.966. The fourth-order valence-electron chi connectivity index (χ4n) is 1.92. The van der Waals surface area contributed by atoms with Crippen molar-refractivity contribution in [3.05, 3.63) is 59.9 Å². The summed E-state index contributed by atoms with van der Waals surface area (Å²) in [6.07, 6.45) is 3.04. The highest BCUT2D eigenvalue weighted by molar-refractivity contribution is 6.05. The molecule has 0 spiro atoms. The number of carbonyl (C=O) groups excluding carboxylic acids is 1. The number of benzene rings is 1. The second kappa shape index (κ2) is 7.69. The molecular formula is C16H15N3O4. The van der Waals surface area contributed by atoms with Gasteiger partial charge in [-0.1, -0.05) is 17.3 Å². The van der Waals surface area contributed by atoms with E-state index in [1.54, 1.807) is 42.6 Å². The predicted octanol–water partition coefficient (Wildman–Crippen LogP) is 2.38. The van der Waals surface area contributed by atoms with E-state index in [0.717, 1.165) is 0 Å². The van der Waals surface area contributed by atoms with Crippen LogP contribution in [-0.4, -0.2) is 32.9 Å². The van der Waals surface area contributed by atoms with Crippen molar-refractivity contribution in [3.8, 4) is 0 Å². The lowest BCUT2D eigenvalue weighted by molar-refractivity contribution is -0.136. The molecular weight excluding hydrogens is 298 g/mol. The smallest absolute Gasteiger partial charge is 0.303 e. The summed E-state index contributed by atoms with van der Waals surface area (Å²) in [7, 11) is 0. The quantitative estimate of drug-likeness (QED) is 0.430. The number of nitrogens with zero attached hydrogens (tertiary/aromatic N) is 2. The molecule has 7 heteroatoms. The number of amides is 1. The minimum absolute atomic E-state index is 0.118. The lowest BCUT2D eigenvalue weighted by Gasteiger charge is -2.07. The first-order valence-corrected chi connectivity index (χ1v) is 6.84. The third kappa shape index (κ3) is 4.63. The van der Waals surface area contributed by atoms with Gasteiger partial charge in [0.25, 0.3) is 5.91 Å². The zero-order chi connectivity index (χ0) is 16.7. The fourth-order valence-corrected chi connectivity index (χ4v) is 1.92. The summed E-state index contributed by atoms with van der Waals surface area (Å²) in [6.45, 7) is 0. The molecule has 2 aromatic rings. The zero-order valence-corrected chi connectivity index (χ0v) is 12.1. The Morgan fingerprint density at radius 1 is 1.09 bits per heavy atom. The molecule has 7 nitrogen and oxygen atoms in total. The highest BCUT2D eigenvalue weighted by Crippen LogP contribution is 2.14. The number of carboxylic acids is 1. The van der Waals surface area contributed by atoms with Crippen LogP contribution in [0.5, 0.6) is 0 Å². The molecule has 0 aliphatic rings. The van der Waals surface area contributed by atoms with Gasteiger partial charge < -0.3 is 15.6 Å². The predicted molar refractivity (Wildman–Crippen MR) is 83.8 cm³/mol. The van der Waals surface area contributed by atoms with E-state index in [0.29, 0.717) is 16.8 Å². The summed E-state index contributed by atoms with van der Waals surface area (Å²) in [5, 5.41) is 23.5. The van der Waals surface area contributed by atoms with E-state index in [1.165, 1.54) is 6.20 Å². The van der Waals surface area contributed by atoms with Crippen LogP contribution in [0.15, 0.2) is 53.9 Å². The monoisotopic (exact) mass is 313 g/mol. The Bertz CT molecular complexity index is 712. The van der Waals surface area contributed by atoms with Crippen molar-refractivity contribution in [2.45, 2.75) is 12.8 Å². The van der Waals surface area contributed by atoms with E-state index in [4.69, 9.17) is 10.3 Å². The van der Waals surface area contributed by atoms with Gasteiger partial charge in [-0.25, -0.2) is 0 Å². The Balaban J connectivity index is 2.04. The third-order valence-corrected chi connectivity index (χ3v) is 3.10. The van der Waals surface area contributed by atoms with Gasteiger partial charge in [-0.3, -0.25) is 14.6 Å². The number of aromatic nitrogens is 1. The first-order valence-electron chi connectivity index (χ1n) is 6.84. The van der Waals surface area contributed by atoms with E-state index < -0.39 is 5.97 Å². The molecule has 1 heterocycles. The highest BCUT2D eigenvalue weighted by atomic mass is 16.4. The summed E-state index contributed by atoms with van der Waals surface area (Å²) in [5.41, 5.74) is 1.87. The van der Waals surface area contributed by atoms with Crippen LogP contribution >= 0.6 is 0 Å². The molecule has 23 heavy (non-hydrogen) atoms. The van der Waals surface area contributed by atoms with Crippen molar-refractivity contribution < 1.29 is 19.9 Å². The van der Waals surface area contributed by atoms with Crippen LogP contribution in [0.2, 0.25) is 0 Å². The second-order valence-corrected chi connectivity index (χ2v) is 4.71. The van der Waals surface area contributed by atoms with Gasteiger partial charge in [0.15, 0.2) is 0 Å². The lowest BCUT2D eigenvalue weighted by Crippen LogP contribution is -2.12. The molecule has 1 aromatic carbocycles. The molecule has 0 unspecified atom stereocenters. The molecule has 2 rings (SSSR count). The maximum atomic E-state index is 12.0. The number of pyridine rings is 1. The van der Waals surface area contributed by atoms with E-state index in [1.807, 2.05) is 0 Å². The van der Waals surface area contributed by atoms with Crippen LogP contribution in [-0.2, 0) is 4.79 Å². The molecule has 0 bridgehead atoms. The summed E-state index contributed by atoms with van der Waals surface area (Å²) in [6, 6.07) is 9.92. The molecule has 0 atom stereocenters. The number of nitrogens with one attached hydrogen (secondary N) is 1. The van der Waals surface area contributed by atoms with Gasteiger partial charge in [0.2, 0.25) is 0 Å². The summed E-state index contributed by atoms with van der Waals surface area (Å²) in [4.78, 5) is 26.4. The van der Waals surface area contributed by atoms with Gasteiger partial charge in [0.1, 0.15) is 0 Å². The van der Waals surface area contributed by atoms with Gasteiger partial charge in [0.05, 0.1) is 17.7 Å². The number of rotatable bonds is 6. The van der Waals surface area contributed by atoms with Gasteiger partial charge in [-0.2, -0.15) is 0 Å². The summed E-state index contributed by atoms with van der Waals surface area (Å²) in [5.74, 6) is -1.25. The third-order valence-electron chi connectivity index (χ3n) is 3.10. The largest absolute Gasteiger partial charge is 0.481 e. The Labute approximate surface area is 132 Å². The van der Waals surface area contributed by atoms with E-state index in [9.17, 15) is 9.59 Å². The van der Waals surface area contributed by atoms with Crippen LogP contribution in [0.4, 0.5) is 5.69 Å². The number of hydrogen-bond acceptors (Lipinski definition) is 5. The number of carbonyl (C=O) groups is 2. The number of aliphatic carboxylic acids is 1. The second-order valence-electron chi connectivity index (χ2n) is 4.71. The molecule has 0 saturated heterocycles. The van der Waals surface area contributed by atoms with Gasteiger partial charge in [-0.05, 0) is 29.8 Å². The SMILES string of the molecule is O=C(O)CC/C(=N/O)c1ccc(NC(=O)c2cccnc2)cc1. The van der Waals surface area contributed by atoms with Crippen LogP contribution in [0.3, 0.4) is 0 Å². The summed E-state index contributed by atoms with van der Waals surface area (Å²) < 4.78 is 0. The van der Waals surface area contributed by atoms with Crippen LogP contribution in [0.1, 0.15) is 28.8 Å². The molecule has 1 amide bonds. The fraction of sp³-hybridized carbons (Fsp3) is 0.125. The average molecular weight is 313 g/mol. The Morgan fingerprint density at radius 3 is 2.39 bits per heavy atom. The molecule has 0 radical (unpaired) electrons. The number of oxime groups is 1.